The van der Waals surface area contributed by atoms with Gasteiger partial charge in [-0.2, -0.15) is 0 Å². The number of carbonyl (C=O) groups excluding carboxylic acids is 2. The fourth-order valence-corrected chi connectivity index (χ4v) is 3.65. The van der Waals surface area contributed by atoms with Gasteiger partial charge in [0, 0.05) is 30.8 Å². The molecule has 1 fully saturated rings. The van der Waals surface area contributed by atoms with Crippen LogP contribution in [0.2, 0.25) is 0 Å². The van der Waals surface area contributed by atoms with Crippen LogP contribution in [-0.4, -0.2) is 44.9 Å². The molecule has 1 N–H and O–H groups in total. The van der Waals surface area contributed by atoms with Gasteiger partial charge in [-0.3, -0.25) is 9.59 Å². The highest BCUT2D eigenvalue weighted by atomic mass is 16.5. The fourth-order valence-electron chi connectivity index (χ4n) is 3.65. The molecule has 156 valence electrons. The van der Waals surface area contributed by atoms with Crippen LogP contribution in [0.5, 0.6) is 0 Å². The minimum atomic E-state index is -0.199. The number of nitrogens with zero attached hydrogens (tertiary/aromatic N) is 4. The maximum atomic E-state index is 12.5. The standard InChI is InChI=1S/C22H25N5O3/c1-12-13(2)24-20-9-17(5-7-19(20)23-12)25-22(29)16-10-27(11-16)21(28)8-6-18-14(3)26-30-15(18)4/h5,7,9,16H,6,8,10-11H2,1-4H3,(H,25,29). The van der Waals surface area contributed by atoms with Crippen molar-refractivity contribution >= 4 is 28.5 Å². The van der Waals surface area contributed by atoms with Crippen LogP contribution in [0.15, 0.2) is 22.7 Å². The summed E-state index contributed by atoms with van der Waals surface area (Å²) in [6.07, 6.45) is 0.990. The molecule has 30 heavy (non-hydrogen) atoms. The normalized spacial score (nSPS) is 14.1. The molecule has 3 heterocycles. The lowest BCUT2D eigenvalue weighted by molar-refractivity contribution is -0.141. The van der Waals surface area contributed by atoms with E-state index in [4.69, 9.17) is 4.52 Å². The third kappa shape index (κ3) is 3.90. The predicted molar refractivity (Wildman–Crippen MR) is 112 cm³/mol. The first-order valence-electron chi connectivity index (χ1n) is 10.1. The van der Waals surface area contributed by atoms with Gasteiger partial charge in [-0.25, -0.2) is 9.97 Å². The third-order valence-corrected chi connectivity index (χ3v) is 5.72. The molecule has 1 aromatic carbocycles. The quantitative estimate of drug-likeness (QED) is 0.698. The summed E-state index contributed by atoms with van der Waals surface area (Å²) in [6.45, 7) is 8.45. The van der Waals surface area contributed by atoms with E-state index >= 15 is 0 Å². The molecule has 0 spiro atoms. The Balaban J connectivity index is 1.30. The zero-order valence-corrected chi connectivity index (χ0v) is 17.7. The van der Waals surface area contributed by atoms with Crippen LogP contribution in [0.3, 0.4) is 0 Å². The third-order valence-electron chi connectivity index (χ3n) is 5.72. The maximum absolute atomic E-state index is 12.5. The zero-order chi connectivity index (χ0) is 21.4. The van der Waals surface area contributed by atoms with E-state index in [-0.39, 0.29) is 17.7 Å². The lowest BCUT2D eigenvalue weighted by Gasteiger charge is -2.38. The number of aromatic nitrogens is 3. The number of benzene rings is 1. The van der Waals surface area contributed by atoms with Crippen molar-refractivity contribution in [1.82, 2.24) is 20.0 Å². The molecule has 3 aromatic rings. The SMILES string of the molecule is Cc1nc2ccc(NC(=O)C3CN(C(=O)CCc4c(C)noc4C)C3)cc2nc1C. The molecule has 4 rings (SSSR count). The number of anilines is 1. The van der Waals surface area contributed by atoms with E-state index in [1.807, 2.05) is 45.9 Å². The molecule has 0 atom stereocenters. The van der Waals surface area contributed by atoms with Crippen molar-refractivity contribution in [3.05, 3.63) is 46.6 Å². The van der Waals surface area contributed by atoms with Gasteiger partial charge in [-0.1, -0.05) is 5.16 Å². The summed E-state index contributed by atoms with van der Waals surface area (Å²) in [4.78, 5) is 35.7. The Hall–Kier alpha value is -3.29. The number of carbonyl (C=O) groups is 2. The first-order chi connectivity index (χ1) is 14.3. The van der Waals surface area contributed by atoms with Crippen LogP contribution < -0.4 is 5.32 Å². The smallest absolute Gasteiger partial charge is 0.231 e. The molecule has 2 amide bonds. The highest BCUT2D eigenvalue weighted by Crippen LogP contribution is 2.22. The lowest BCUT2D eigenvalue weighted by Crippen LogP contribution is -2.54. The van der Waals surface area contributed by atoms with Crippen molar-refractivity contribution in [3.63, 3.8) is 0 Å². The average Bonchev–Trinajstić information content (AvgIpc) is 2.98. The van der Waals surface area contributed by atoms with E-state index in [1.165, 1.54) is 0 Å². The monoisotopic (exact) mass is 407 g/mol. The molecule has 2 aromatic heterocycles. The number of aryl methyl sites for hydroxylation is 4. The van der Waals surface area contributed by atoms with Gasteiger partial charge < -0.3 is 14.7 Å². The number of likely N-dealkylation sites (tertiary alicyclic amines) is 1. The molecular formula is C22H25N5O3. The van der Waals surface area contributed by atoms with Gasteiger partial charge in [-0.15, -0.1) is 0 Å². The Kier molecular flexibility index (Phi) is 5.24. The van der Waals surface area contributed by atoms with Gasteiger partial charge in [0.1, 0.15) is 5.76 Å². The van der Waals surface area contributed by atoms with Gasteiger partial charge in [0.15, 0.2) is 0 Å². The molecular weight excluding hydrogens is 382 g/mol. The summed E-state index contributed by atoms with van der Waals surface area (Å²) < 4.78 is 5.14. The second kappa shape index (κ2) is 7.85. The van der Waals surface area contributed by atoms with E-state index in [2.05, 4.69) is 20.4 Å². The van der Waals surface area contributed by atoms with Gasteiger partial charge in [-0.05, 0) is 52.3 Å². The summed E-state index contributed by atoms with van der Waals surface area (Å²) in [6, 6.07) is 5.52. The topological polar surface area (TPSA) is 101 Å². The van der Waals surface area contributed by atoms with Crippen LogP contribution in [-0.2, 0) is 16.0 Å². The van der Waals surface area contributed by atoms with Crippen molar-refractivity contribution < 1.29 is 14.1 Å². The van der Waals surface area contributed by atoms with Crippen molar-refractivity contribution in [2.75, 3.05) is 18.4 Å². The van der Waals surface area contributed by atoms with E-state index in [0.717, 1.165) is 39.4 Å². The Labute approximate surface area is 174 Å². The minimum Gasteiger partial charge on any atom is -0.361 e. The number of hydrogen-bond donors (Lipinski definition) is 1. The van der Waals surface area contributed by atoms with Crippen molar-refractivity contribution in [1.29, 1.82) is 0 Å². The molecule has 0 aliphatic carbocycles. The fraction of sp³-hybridized carbons (Fsp3) is 0.409. The Morgan fingerprint density at radius 3 is 2.43 bits per heavy atom. The predicted octanol–water partition coefficient (Wildman–Crippen LogP) is 2.88. The van der Waals surface area contributed by atoms with Gasteiger partial charge in [0.2, 0.25) is 11.8 Å². The Morgan fingerprint density at radius 1 is 1.07 bits per heavy atom. The molecule has 1 aliphatic rings. The maximum Gasteiger partial charge on any atom is 0.231 e. The van der Waals surface area contributed by atoms with Crippen LogP contribution in [0.4, 0.5) is 5.69 Å². The van der Waals surface area contributed by atoms with Gasteiger partial charge >= 0.3 is 0 Å². The van der Waals surface area contributed by atoms with Crippen molar-refractivity contribution in [2.24, 2.45) is 5.92 Å². The summed E-state index contributed by atoms with van der Waals surface area (Å²) in [5.41, 5.74) is 5.82. The molecule has 8 nitrogen and oxygen atoms in total. The summed E-state index contributed by atoms with van der Waals surface area (Å²) in [5, 5.41) is 6.85. The summed E-state index contributed by atoms with van der Waals surface area (Å²) in [5.74, 6) is 0.521. The Morgan fingerprint density at radius 2 is 1.77 bits per heavy atom. The van der Waals surface area contributed by atoms with Crippen LogP contribution in [0.1, 0.15) is 34.8 Å². The van der Waals surface area contributed by atoms with Crippen molar-refractivity contribution in [2.45, 2.75) is 40.5 Å². The van der Waals surface area contributed by atoms with E-state index in [9.17, 15) is 9.59 Å². The van der Waals surface area contributed by atoms with Crippen molar-refractivity contribution in [3.8, 4) is 0 Å². The molecule has 1 saturated heterocycles. The number of amides is 2. The minimum absolute atomic E-state index is 0.0471. The lowest BCUT2D eigenvalue weighted by atomic mass is 9.97. The van der Waals surface area contributed by atoms with Crippen LogP contribution >= 0.6 is 0 Å². The summed E-state index contributed by atoms with van der Waals surface area (Å²) >= 11 is 0. The van der Waals surface area contributed by atoms with Gasteiger partial charge in [0.25, 0.3) is 0 Å². The number of rotatable bonds is 5. The molecule has 1 aliphatic heterocycles. The number of nitrogens with one attached hydrogen (secondary N) is 1. The highest BCUT2D eigenvalue weighted by Gasteiger charge is 2.35. The van der Waals surface area contributed by atoms with E-state index < -0.39 is 0 Å². The molecule has 0 bridgehead atoms. The average molecular weight is 407 g/mol. The molecule has 0 unspecified atom stereocenters. The second-order valence-corrected chi connectivity index (χ2v) is 7.89. The first-order valence-corrected chi connectivity index (χ1v) is 10.1. The second-order valence-electron chi connectivity index (χ2n) is 7.89. The number of fused-ring (bicyclic) bond motifs is 1. The molecule has 0 saturated carbocycles. The van der Waals surface area contributed by atoms with Crippen LogP contribution in [0.25, 0.3) is 11.0 Å². The first kappa shape index (κ1) is 20.0. The zero-order valence-electron chi connectivity index (χ0n) is 17.7. The number of hydrogen-bond acceptors (Lipinski definition) is 6. The Bertz CT molecular complexity index is 1110. The molecule has 8 heteroatoms. The van der Waals surface area contributed by atoms with E-state index in [0.29, 0.717) is 31.6 Å². The summed E-state index contributed by atoms with van der Waals surface area (Å²) in [7, 11) is 0. The highest BCUT2D eigenvalue weighted by molar-refractivity contribution is 5.96. The van der Waals surface area contributed by atoms with Crippen LogP contribution in [0, 0.1) is 33.6 Å². The largest absolute Gasteiger partial charge is 0.361 e. The van der Waals surface area contributed by atoms with Gasteiger partial charge in [0.05, 0.1) is 34.0 Å². The van der Waals surface area contributed by atoms with E-state index in [1.54, 1.807) is 4.90 Å². The molecule has 0 radical (unpaired) electrons.